The van der Waals surface area contributed by atoms with Crippen LogP contribution < -0.4 is 4.74 Å². The van der Waals surface area contributed by atoms with Crippen LogP contribution in [0.4, 0.5) is 0 Å². The zero-order chi connectivity index (χ0) is 14.4. The minimum atomic E-state index is 0.599. The van der Waals surface area contributed by atoms with Gasteiger partial charge >= 0.3 is 0 Å². The van der Waals surface area contributed by atoms with E-state index in [1.54, 1.807) is 6.26 Å². The van der Waals surface area contributed by atoms with Gasteiger partial charge in [0.2, 0.25) is 0 Å². The zero-order valence-electron chi connectivity index (χ0n) is 12.1. The van der Waals surface area contributed by atoms with Crippen molar-refractivity contribution >= 4 is 16.5 Å². The Morgan fingerprint density at radius 2 is 1.95 bits per heavy atom. The smallest absolute Gasteiger partial charge is 0.137 e. The Kier molecular flexibility index (Phi) is 2.64. The molecule has 0 spiro atoms. The third kappa shape index (κ3) is 1.95. The van der Waals surface area contributed by atoms with Crippen LogP contribution in [0.2, 0.25) is 0 Å². The molecule has 21 heavy (non-hydrogen) atoms. The van der Waals surface area contributed by atoms with Crippen LogP contribution in [0, 0.1) is 13.8 Å². The molecule has 1 aliphatic rings. The molecule has 0 unspecified atom stereocenters. The van der Waals surface area contributed by atoms with E-state index in [0.717, 1.165) is 27.8 Å². The number of fused-ring (bicyclic) bond motifs is 2. The van der Waals surface area contributed by atoms with Gasteiger partial charge in [0.05, 0.1) is 6.26 Å². The van der Waals surface area contributed by atoms with Crippen molar-refractivity contribution in [3.8, 4) is 5.75 Å². The fourth-order valence-corrected chi connectivity index (χ4v) is 2.92. The lowest BCUT2D eigenvalue weighted by Crippen LogP contribution is -2.05. The van der Waals surface area contributed by atoms with Crippen molar-refractivity contribution in [3.05, 3.63) is 71.0 Å². The number of furan rings is 1. The van der Waals surface area contributed by atoms with E-state index in [-0.39, 0.29) is 0 Å². The van der Waals surface area contributed by atoms with E-state index in [0.29, 0.717) is 6.61 Å². The van der Waals surface area contributed by atoms with E-state index < -0.39 is 0 Å². The normalized spacial score (nSPS) is 13.7. The third-order valence-electron chi connectivity index (χ3n) is 4.01. The summed E-state index contributed by atoms with van der Waals surface area (Å²) in [7, 11) is 0. The second-order valence-corrected chi connectivity index (χ2v) is 5.56. The summed E-state index contributed by atoms with van der Waals surface area (Å²) < 4.78 is 11.4. The SMILES string of the molecule is Cc1cccc(C2=CCOc3cc4occ(C)c4cc32)c1. The molecule has 0 bridgehead atoms. The van der Waals surface area contributed by atoms with Crippen molar-refractivity contribution < 1.29 is 9.15 Å². The number of benzene rings is 2. The second kappa shape index (κ2) is 4.52. The monoisotopic (exact) mass is 276 g/mol. The lowest BCUT2D eigenvalue weighted by Gasteiger charge is -2.19. The van der Waals surface area contributed by atoms with Gasteiger partial charge in [-0.25, -0.2) is 0 Å². The maximum atomic E-state index is 5.79. The Morgan fingerprint density at radius 3 is 2.81 bits per heavy atom. The molecule has 2 heteroatoms. The summed E-state index contributed by atoms with van der Waals surface area (Å²) in [5, 5.41) is 1.15. The Labute approximate surface area is 123 Å². The fraction of sp³-hybridized carbons (Fsp3) is 0.158. The molecule has 0 aliphatic carbocycles. The summed E-state index contributed by atoms with van der Waals surface area (Å²) in [6.45, 7) is 4.78. The topological polar surface area (TPSA) is 22.4 Å². The summed E-state index contributed by atoms with van der Waals surface area (Å²) >= 11 is 0. The first-order chi connectivity index (χ1) is 10.2. The Hall–Kier alpha value is -2.48. The molecule has 1 aliphatic heterocycles. The van der Waals surface area contributed by atoms with E-state index in [1.165, 1.54) is 16.7 Å². The first kappa shape index (κ1) is 12.3. The molecule has 0 saturated heterocycles. The van der Waals surface area contributed by atoms with Crippen LogP contribution in [0.3, 0.4) is 0 Å². The van der Waals surface area contributed by atoms with Crippen LogP contribution in [-0.2, 0) is 0 Å². The molecule has 2 nitrogen and oxygen atoms in total. The first-order valence-corrected chi connectivity index (χ1v) is 7.14. The van der Waals surface area contributed by atoms with Crippen molar-refractivity contribution in [2.24, 2.45) is 0 Å². The van der Waals surface area contributed by atoms with Gasteiger partial charge in [0, 0.05) is 17.0 Å². The number of aryl methyl sites for hydroxylation is 2. The van der Waals surface area contributed by atoms with Crippen molar-refractivity contribution in [3.63, 3.8) is 0 Å². The lowest BCUT2D eigenvalue weighted by atomic mass is 9.93. The maximum Gasteiger partial charge on any atom is 0.137 e. The Bertz CT molecular complexity index is 868. The average molecular weight is 276 g/mol. The molecule has 2 aromatic carbocycles. The van der Waals surface area contributed by atoms with Crippen LogP contribution in [0.5, 0.6) is 5.75 Å². The molecule has 1 aromatic heterocycles. The third-order valence-corrected chi connectivity index (χ3v) is 4.01. The van der Waals surface area contributed by atoms with E-state index in [9.17, 15) is 0 Å². The summed E-state index contributed by atoms with van der Waals surface area (Å²) in [6, 6.07) is 12.8. The predicted octanol–water partition coefficient (Wildman–Crippen LogP) is 4.87. The maximum absolute atomic E-state index is 5.79. The summed E-state index contributed by atoms with van der Waals surface area (Å²) in [5.41, 5.74) is 6.92. The highest BCUT2D eigenvalue weighted by molar-refractivity contribution is 5.92. The van der Waals surface area contributed by atoms with E-state index >= 15 is 0 Å². The summed E-state index contributed by atoms with van der Waals surface area (Å²) in [4.78, 5) is 0. The van der Waals surface area contributed by atoms with Gasteiger partial charge in [0.15, 0.2) is 0 Å². The van der Waals surface area contributed by atoms with Crippen LogP contribution in [0.15, 0.2) is 53.2 Å². The minimum absolute atomic E-state index is 0.599. The molecule has 0 radical (unpaired) electrons. The summed E-state index contributed by atoms with van der Waals surface area (Å²) in [6.07, 6.45) is 3.95. The van der Waals surface area contributed by atoms with Gasteiger partial charge in [-0.2, -0.15) is 0 Å². The van der Waals surface area contributed by atoms with Gasteiger partial charge in [-0.05, 0) is 42.7 Å². The van der Waals surface area contributed by atoms with Gasteiger partial charge in [-0.1, -0.05) is 29.8 Å². The quantitative estimate of drug-likeness (QED) is 0.632. The fourth-order valence-electron chi connectivity index (χ4n) is 2.92. The second-order valence-electron chi connectivity index (χ2n) is 5.56. The lowest BCUT2D eigenvalue weighted by molar-refractivity contribution is 0.357. The molecule has 0 N–H and O–H groups in total. The number of hydrogen-bond acceptors (Lipinski definition) is 2. The van der Waals surface area contributed by atoms with Crippen molar-refractivity contribution in [2.75, 3.05) is 6.61 Å². The molecular weight excluding hydrogens is 260 g/mol. The largest absolute Gasteiger partial charge is 0.489 e. The van der Waals surface area contributed by atoms with Gasteiger partial charge in [0.25, 0.3) is 0 Å². The van der Waals surface area contributed by atoms with Crippen LogP contribution >= 0.6 is 0 Å². The average Bonchev–Trinajstić information content (AvgIpc) is 2.85. The highest BCUT2D eigenvalue weighted by Gasteiger charge is 2.18. The molecule has 4 rings (SSSR count). The van der Waals surface area contributed by atoms with Crippen molar-refractivity contribution in [2.45, 2.75) is 13.8 Å². The number of ether oxygens (including phenoxy) is 1. The molecule has 2 heterocycles. The standard InChI is InChI=1S/C19H16O2/c1-12-4-3-5-14(8-12)15-6-7-20-19-10-18-16(9-17(15)19)13(2)11-21-18/h3-6,8-11H,7H2,1-2H3. The number of rotatable bonds is 1. The van der Waals surface area contributed by atoms with Crippen LogP contribution in [0.1, 0.15) is 22.3 Å². The van der Waals surface area contributed by atoms with E-state index in [4.69, 9.17) is 9.15 Å². The van der Waals surface area contributed by atoms with Crippen LogP contribution in [0.25, 0.3) is 16.5 Å². The van der Waals surface area contributed by atoms with E-state index in [2.05, 4.69) is 50.3 Å². The van der Waals surface area contributed by atoms with E-state index in [1.807, 2.05) is 6.07 Å². The Morgan fingerprint density at radius 1 is 1.05 bits per heavy atom. The van der Waals surface area contributed by atoms with Gasteiger partial charge in [-0.3, -0.25) is 0 Å². The van der Waals surface area contributed by atoms with Gasteiger partial charge in [0.1, 0.15) is 17.9 Å². The highest BCUT2D eigenvalue weighted by atomic mass is 16.5. The molecule has 104 valence electrons. The molecule has 0 amide bonds. The molecular formula is C19H16O2. The Balaban J connectivity index is 1.94. The highest BCUT2D eigenvalue weighted by Crippen LogP contribution is 2.38. The van der Waals surface area contributed by atoms with Crippen molar-refractivity contribution in [1.29, 1.82) is 0 Å². The van der Waals surface area contributed by atoms with Gasteiger partial charge < -0.3 is 9.15 Å². The predicted molar refractivity (Wildman–Crippen MR) is 84.7 cm³/mol. The molecule has 3 aromatic rings. The van der Waals surface area contributed by atoms with Crippen LogP contribution in [-0.4, -0.2) is 6.61 Å². The molecule has 0 atom stereocenters. The van der Waals surface area contributed by atoms with Crippen molar-refractivity contribution in [1.82, 2.24) is 0 Å². The summed E-state index contributed by atoms with van der Waals surface area (Å²) in [5.74, 6) is 0.899. The number of hydrogen-bond donors (Lipinski definition) is 0. The van der Waals surface area contributed by atoms with Gasteiger partial charge in [-0.15, -0.1) is 0 Å². The first-order valence-electron chi connectivity index (χ1n) is 7.14. The molecule has 0 fully saturated rings. The zero-order valence-corrected chi connectivity index (χ0v) is 12.1. The minimum Gasteiger partial charge on any atom is -0.489 e. The molecule has 0 saturated carbocycles.